The molecular formula is C9H14N2OS. The van der Waals surface area contributed by atoms with Gasteiger partial charge in [-0.05, 0) is 19.3 Å². The molecule has 0 atom stereocenters. The maximum absolute atomic E-state index is 10.4. The molecule has 2 N–H and O–H groups in total. The van der Waals surface area contributed by atoms with Gasteiger partial charge in [0.25, 0.3) is 0 Å². The van der Waals surface area contributed by atoms with Crippen molar-refractivity contribution in [3.8, 4) is 0 Å². The largest absolute Gasteiger partial charge is 0.370 e. The van der Waals surface area contributed by atoms with Crippen molar-refractivity contribution >= 4 is 17.2 Å². The molecule has 0 aliphatic carbocycles. The molecule has 0 aliphatic heterocycles. The smallest absolute Gasteiger partial charge is 0.217 e. The van der Waals surface area contributed by atoms with Crippen LogP contribution >= 0.6 is 11.3 Å². The molecule has 1 amide bonds. The average molecular weight is 198 g/mol. The highest BCUT2D eigenvalue weighted by Crippen LogP contribution is 2.09. The minimum Gasteiger partial charge on any atom is -0.370 e. The summed E-state index contributed by atoms with van der Waals surface area (Å²) in [6.45, 7) is 0. The first-order chi connectivity index (χ1) is 6.29. The van der Waals surface area contributed by atoms with Crippen molar-refractivity contribution in [2.75, 3.05) is 0 Å². The molecule has 0 bridgehead atoms. The van der Waals surface area contributed by atoms with Crippen molar-refractivity contribution in [1.82, 2.24) is 4.98 Å². The van der Waals surface area contributed by atoms with E-state index in [0.29, 0.717) is 6.42 Å². The van der Waals surface area contributed by atoms with E-state index in [-0.39, 0.29) is 5.91 Å². The predicted molar refractivity (Wildman–Crippen MR) is 53.5 cm³/mol. The summed E-state index contributed by atoms with van der Waals surface area (Å²) >= 11 is 1.68. The second-order valence-corrected chi connectivity index (χ2v) is 3.93. The third-order valence-electron chi connectivity index (χ3n) is 1.80. The lowest BCUT2D eigenvalue weighted by Gasteiger charge is -1.96. The first-order valence-corrected chi connectivity index (χ1v) is 5.33. The third-order valence-corrected chi connectivity index (χ3v) is 2.64. The van der Waals surface area contributed by atoms with Gasteiger partial charge in [0.1, 0.15) is 0 Å². The van der Waals surface area contributed by atoms with Gasteiger partial charge < -0.3 is 5.73 Å². The molecular weight excluding hydrogens is 184 g/mol. The quantitative estimate of drug-likeness (QED) is 0.708. The normalized spacial score (nSPS) is 10.2. The second kappa shape index (κ2) is 5.70. The summed E-state index contributed by atoms with van der Waals surface area (Å²) in [7, 11) is 0. The molecule has 3 nitrogen and oxygen atoms in total. The van der Waals surface area contributed by atoms with Crippen molar-refractivity contribution in [2.24, 2.45) is 5.73 Å². The molecule has 1 heterocycles. The summed E-state index contributed by atoms with van der Waals surface area (Å²) in [6.07, 6.45) is 6.42. The molecule has 1 rings (SSSR count). The molecule has 1 aromatic heterocycles. The highest BCUT2D eigenvalue weighted by Gasteiger charge is 1.97. The Morgan fingerprint density at radius 2 is 2.31 bits per heavy atom. The van der Waals surface area contributed by atoms with Gasteiger partial charge in [-0.3, -0.25) is 4.79 Å². The first kappa shape index (κ1) is 10.2. The van der Waals surface area contributed by atoms with E-state index in [0.717, 1.165) is 25.7 Å². The molecule has 72 valence electrons. The highest BCUT2D eigenvalue weighted by molar-refractivity contribution is 7.09. The molecule has 0 fully saturated rings. The number of aryl methyl sites for hydroxylation is 1. The lowest BCUT2D eigenvalue weighted by atomic mass is 10.1. The SMILES string of the molecule is NC(=O)CCCCCc1nccs1. The Kier molecular flexibility index (Phi) is 4.46. The Morgan fingerprint density at radius 1 is 1.46 bits per heavy atom. The van der Waals surface area contributed by atoms with E-state index >= 15 is 0 Å². The van der Waals surface area contributed by atoms with Crippen molar-refractivity contribution in [1.29, 1.82) is 0 Å². The molecule has 13 heavy (non-hydrogen) atoms. The fourth-order valence-corrected chi connectivity index (χ4v) is 1.79. The number of carbonyl (C=O) groups excluding carboxylic acids is 1. The maximum Gasteiger partial charge on any atom is 0.217 e. The predicted octanol–water partition coefficient (Wildman–Crippen LogP) is 1.73. The molecule has 0 aromatic carbocycles. The molecule has 4 heteroatoms. The van der Waals surface area contributed by atoms with Crippen LogP contribution < -0.4 is 5.73 Å². The lowest BCUT2D eigenvalue weighted by Crippen LogP contribution is -2.09. The number of primary amides is 1. The van der Waals surface area contributed by atoms with Crippen molar-refractivity contribution in [3.63, 3.8) is 0 Å². The summed E-state index contributed by atoms with van der Waals surface area (Å²) in [4.78, 5) is 14.6. The topological polar surface area (TPSA) is 56.0 Å². The van der Waals surface area contributed by atoms with E-state index in [1.54, 1.807) is 11.3 Å². The van der Waals surface area contributed by atoms with Crippen LogP contribution in [0.25, 0.3) is 0 Å². The van der Waals surface area contributed by atoms with Crippen LogP contribution in [0.3, 0.4) is 0 Å². The van der Waals surface area contributed by atoms with Gasteiger partial charge in [0, 0.05) is 18.0 Å². The summed E-state index contributed by atoms with van der Waals surface area (Å²) < 4.78 is 0. The van der Waals surface area contributed by atoms with Gasteiger partial charge in [0.05, 0.1) is 5.01 Å². The van der Waals surface area contributed by atoms with E-state index in [9.17, 15) is 4.79 Å². The van der Waals surface area contributed by atoms with E-state index in [4.69, 9.17) is 5.73 Å². The number of nitrogens with zero attached hydrogens (tertiary/aromatic N) is 1. The number of hydrogen-bond acceptors (Lipinski definition) is 3. The number of nitrogens with two attached hydrogens (primary N) is 1. The summed E-state index contributed by atoms with van der Waals surface area (Å²) in [5, 5.41) is 3.16. The molecule has 0 saturated heterocycles. The third kappa shape index (κ3) is 4.62. The van der Waals surface area contributed by atoms with Crippen LogP contribution in [0.2, 0.25) is 0 Å². The fraction of sp³-hybridized carbons (Fsp3) is 0.556. The standard InChI is InChI=1S/C9H14N2OS/c10-8(12)4-2-1-3-5-9-11-6-7-13-9/h6-7H,1-5H2,(H2,10,12). The number of unbranched alkanes of at least 4 members (excludes halogenated alkanes) is 2. The molecule has 0 aliphatic rings. The van der Waals surface area contributed by atoms with Crippen molar-refractivity contribution in [2.45, 2.75) is 32.1 Å². The summed E-state index contributed by atoms with van der Waals surface area (Å²) in [6, 6.07) is 0. The monoisotopic (exact) mass is 198 g/mol. The molecule has 1 aromatic rings. The minimum absolute atomic E-state index is 0.200. The van der Waals surface area contributed by atoms with E-state index in [2.05, 4.69) is 4.98 Å². The summed E-state index contributed by atoms with van der Waals surface area (Å²) in [5.41, 5.74) is 5.02. The Labute approximate surface area is 82.0 Å². The zero-order valence-corrected chi connectivity index (χ0v) is 8.35. The first-order valence-electron chi connectivity index (χ1n) is 4.45. The van der Waals surface area contributed by atoms with Crippen LogP contribution in [-0.2, 0) is 11.2 Å². The average Bonchev–Trinajstić information content (AvgIpc) is 2.55. The zero-order chi connectivity index (χ0) is 9.52. The van der Waals surface area contributed by atoms with E-state index in [1.807, 2.05) is 11.6 Å². The van der Waals surface area contributed by atoms with E-state index < -0.39 is 0 Å². The number of amides is 1. The molecule has 0 unspecified atom stereocenters. The number of rotatable bonds is 6. The Bertz CT molecular complexity index is 246. The maximum atomic E-state index is 10.4. The van der Waals surface area contributed by atoms with Gasteiger partial charge in [0.2, 0.25) is 5.91 Å². The van der Waals surface area contributed by atoms with Gasteiger partial charge in [-0.1, -0.05) is 6.42 Å². The number of carbonyl (C=O) groups is 1. The van der Waals surface area contributed by atoms with E-state index in [1.165, 1.54) is 5.01 Å². The number of thiazole rings is 1. The molecule has 0 spiro atoms. The van der Waals surface area contributed by atoms with Crippen LogP contribution in [-0.4, -0.2) is 10.9 Å². The van der Waals surface area contributed by atoms with Crippen LogP contribution in [0, 0.1) is 0 Å². The van der Waals surface area contributed by atoms with Gasteiger partial charge in [0.15, 0.2) is 0 Å². The Morgan fingerprint density at radius 3 is 2.92 bits per heavy atom. The van der Waals surface area contributed by atoms with Crippen LogP contribution in [0.1, 0.15) is 30.7 Å². The van der Waals surface area contributed by atoms with Crippen LogP contribution in [0.4, 0.5) is 0 Å². The van der Waals surface area contributed by atoms with Crippen LogP contribution in [0.15, 0.2) is 11.6 Å². The Balaban J connectivity index is 1.99. The van der Waals surface area contributed by atoms with Crippen LogP contribution in [0.5, 0.6) is 0 Å². The number of aromatic nitrogens is 1. The molecule has 0 saturated carbocycles. The van der Waals surface area contributed by atoms with Crippen molar-refractivity contribution < 1.29 is 4.79 Å². The fourth-order valence-electron chi connectivity index (χ4n) is 1.13. The van der Waals surface area contributed by atoms with Gasteiger partial charge >= 0.3 is 0 Å². The van der Waals surface area contributed by atoms with Gasteiger partial charge in [-0.25, -0.2) is 4.98 Å². The van der Waals surface area contributed by atoms with Crippen molar-refractivity contribution in [3.05, 3.63) is 16.6 Å². The highest BCUT2D eigenvalue weighted by atomic mass is 32.1. The minimum atomic E-state index is -0.200. The number of hydrogen-bond donors (Lipinski definition) is 1. The lowest BCUT2D eigenvalue weighted by molar-refractivity contribution is -0.118. The zero-order valence-electron chi connectivity index (χ0n) is 7.53. The van der Waals surface area contributed by atoms with Gasteiger partial charge in [-0.15, -0.1) is 11.3 Å². The molecule has 0 radical (unpaired) electrons. The van der Waals surface area contributed by atoms with Gasteiger partial charge in [-0.2, -0.15) is 0 Å². The summed E-state index contributed by atoms with van der Waals surface area (Å²) in [5.74, 6) is -0.200. The Hall–Kier alpha value is -0.900. The second-order valence-electron chi connectivity index (χ2n) is 2.95.